The summed E-state index contributed by atoms with van der Waals surface area (Å²) in [4.78, 5) is 4.42. The van der Waals surface area contributed by atoms with Gasteiger partial charge in [0.2, 0.25) is 0 Å². The lowest BCUT2D eigenvalue weighted by Crippen LogP contribution is -2.24. The normalized spacial score (nSPS) is 18.1. The lowest BCUT2D eigenvalue weighted by molar-refractivity contribution is 0.481. The molecule has 2 heteroatoms. The summed E-state index contributed by atoms with van der Waals surface area (Å²) in [5, 5.41) is 3.65. The molecule has 1 N–H and O–H groups in total. The van der Waals surface area contributed by atoms with Crippen LogP contribution < -0.4 is 5.32 Å². The van der Waals surface area contributed by atoms with E-state index in [1.807, 2.05) is 12.3 Å². The van der Waals surface area contributed by atoms with Gasteiger partial charge in [-0.2, -0.15) is 0 Å². The largest absolute Gasteiger partial charge is 0.306 e. The highest BCUT2D eigenvalue weighted by molar-refractivity contribution is 5.09. The third-order valence-corrected chi connectivity index (χ3v) is 2.64. The Morgan fingerprint density at radius 1 is 1.50 bits per heavy atom. The van der Waals surface area contributed by atoms with Crippen molar-refractivity contribution in [3.8, 4) is 0 Å². The van der Waals surface area contributed by atoms with Crippen molar-refractivity contribution in [1.82, 2.24) is 10.3 Å². The minimum absolute atomic E-state index is 0.466. The lowest BCUT2D eigenvalue weighted by atomic mass is 10.1. The van der Waals surface area contributed by atoms with E-state index in [2.05, 4.69) is 29.4 Å². The van der Waals surface area contributed by atoms with Crippen molar-refractivity contribution in [2.45, 2.75) is 44.7 Å². The molecule has 1 heterocycles. The van der Waals surface area contributed by atoms with Crippen LogP contribution in [0.25, 0.3) is 0 Å². The van der Waals surface area contributed by atoms with E-state index in [9.17, 15) is 0 Å². The zero-order valence-corrected chi connectivity index (χ0v) is 8.74. The van der Waals surface area contributed by atoms with E-state index >= 15 is 0 Å². The first-order chi connectivity index (χ1) is 6.90. The average molecular weight is 190 g/mol. The molecule has 0 amide bonds. The van der Waals surface area contributed by atoms with E-state index < -0.39 is 0 Å². The van der Waals surface area contributed by atoms with E-state index in [0.29, 0.717) is 6.04 Å². The summed E-state index contributed by atoms with van der Waals surface area (Å²) in [5.41, 5.74) is 1.20. The van der Waals surface area contributed by atoms with Gasteiger partial charge in [0, 0.05) is 18.3 Å². The van der Waals surface area contributed by atoms with Crippen molar-refractivity contribution in [2.24, 2.45) is 0 Å². The Bertz CT molecular complexity index is 267. The Morgan fingerprint density at radius 2 is 2.36 bits per heavy atom. The van der Waals surface area contributed by atoms with Crippen molar-refractivity contribution in [3.05, 3.63) is 30.1 Å². The summed E-state index contributed by atoms with van der Waals surface area (Å²) in [7, 11) is 0. The van der Waals surface area contributed by atoms with Crippen LogP contribution in [0.1, 0.15) is 44.3 Å². The molecule has 1 saturated carbocycles. The van der Waals surface area contributed by atoms with Gasteiger partial charge in [-0.1, -0.05) is 19.4 Å². The molecule has 2 rings (SSSR count). The summed E-state index contributed by atoms with van der Waals surface area (Å²) in [6, 6.07) is 7.39. The second kappa shape index (κ2) is 4.56. The van der Waals surface area contributed by atoms with Gasteiger partial charge in [-0.05, 0) is 31.4 Å². The highest BCUT2D eigenvalue weighted by Gasteiger charge is 2.25. The summed E-state index contributed by atoms with van der Waals surface area (Å²) in [6.45, 7) is 2.23. The maximum atomic E-state index is 4.42. The van der Waals surface area contributed by atoms with Crippen LogP contribution in [0.5, 0.6) is 0 Å². The molecule has 1 atom stereocenters. The standard InChI is InChI=1S/C12H18N2/c1-2-5-12(14-10-7-8-10)11-6-3-4-9-13-11/h3-4,6,9-10,12,14H,2,5,7-8H2,1H3. The Labute approximate surface area is 85.7 Å². The highest BCUT2D eigenvalue weighted by atomic mass is 15.0. The van der Waals surface area contributed by atoms with Gasteiger partial charge >= 0.3 is 0 Å². The molecule has 1 unspecified atom stereocenters. The smallest absolute Gasteiger partial charge is 0.0573 e. The SMILES string of the molecule is CCCC(NC1CC1)c1ccccn1. The fourth-order valence-corrected chi connectivity index (χ4v) is 1.72. The molecule has 0 bridgehead atoms. The minimum Gasteiger partial charge on any atom is -0.306 e. The summed E-state index contributed by atoms with van der Waals surface area (Å²) in [6.07, 6.45) is 6.96. The average Bonchev–Trinajstić information content (AvgIpc) is 3.03. The zero-order chi connectivity index (χ0) is 9.80. The summed E-state index contributed by atoms with van der Waals surface area (Å²) < 4.78 is 0. The van der Waals surface area contributed by atoms with Crippen LogP contribution in [-0.2, 0) is 0 Å². The predicted octanol–water partition coefficient (Wildman–Crippen LogP) is 2.67. The van der Waals surface area contributed by atoms with E-state index in [-0.39, 0.29) is 0 Å². The minimum atomic E-state index is 0.466. The number of hydrogen-bond donors (Lipinski definition) is 1. The fraction of sp³-hybridized carbons (Fsp3) is 0.583. The number of rotatable bonds is 5. The number of nitrogens with zero attached hydrogens (tertiary/aromatic N) is 1. The molecular weight excluding hydrogens is 172 g/mol. The third-order valence-electron chi connectivity index (χ3n) is 2.64. The molecule has 0 aliphatic heterocycles. The van der Waals surface area contributed by atoms with Crippen LogP contribution in [-0.4, -0.2) is 11.0 Å². The molecule has 2 nitrogen and oxygen atoms in total. The van der Waals surface area contributed by atoms with E-state index in [4.69, 9.17) is 0 Å². The first-order valence-corrected chi connectivity index (χ1v) is 5.57. The number of hydrogen-bond acceptors (Lipinski definition) is 2. The molecule has 0 aromatic carbocycles. The molecule has 0 spiro atoms. The first-order valence-electron chi connectivity index (χ1n) is 5.57. The van der Waals surface area contributed by atoms with Crippen molar-refractivity contribution in [3.63, 3.8) is 0 Å². The van der Waals surface area contributed by atoms with Gasteiger partial charge in [-0.3, -0.25) is 4.98 Å². The molecule has 76 valence electrons. The molecule has 14 heavy (non-hydrogen) atoms. The Kier molecular flexibility index (Phi) is 3.14. The monoisotopic (exact) mass is 190 g/mol. The molecule has 0 saturated heterocycles. The highest BCUT2D eigenvalue weighted by Crippen LogP contribution is 2.25. The molecule has 1 aromatic rings. The predicted molar refractivity (Wildman–Crippen MR) is 58.0 cm³/mol. The Balaban J connectivity index is 2.01. The maximum absolute atomic E-state index is 4.42. The molecular formula is C12H18N2. The summed E-state index contributed by atoms with van der Waals surface area (Å²) >= 11 is 0. The topological polar surface area (TPSA) is 24.9 Å². The molecule has 0 radical (unpaired) electrons. The number of pyridine rings is 1. The maximum Gasteiger partial charge on any atom is 0.0573 e. The fourth-order valence-electron chi connectivity index (χ4n) is 1.72. The van der Waals surface area contributed by atoms with Crippen LogP contribution in [0.4, 0.5) is 0 Å². The van der Waals surface area contributed by atoms with Gasteiger partial charge in [0.05, 0.1) is 5.69 Å². The van der Waals surface area contributed by atoms with Crippen molar-refractivity contribution >= 4 is 0 Å². The van der Waals surface area contributed by atoms with Gasteiger partial charge < -0.3 is 5.32 Å². The molecule has 1 aliphatic carbocycles. The van der Waals surface area contributed by atoms with Gasteiger partial charge in [0.25, 0.3) is 0 Å². The van der Waals surface area contributed by atoms with Gasteiger partial charge in [-0.15, -0.1) is 0 Å². The van der Waals surface area contributed by atoms with E-state index in [1.54, 1.807) is 0 Å². The van der Waals surface area contributed by atoms with Crippen LogP contribution in [0.15, 0.2) is 24.4 Å². The Hall–Kier alpha value is -0.890. The van der Waals surface area contributed by atoms with Crippen LogP contribution in [0.2, 0.25) is 0 Å². The second-order valence-electron chi connectivity index (χ2n) is 4.04. The first kappa shape index (κ1) is 9.66. The van der Waals surface area contributed by atoms with Crippen molar-refractivity contribution in [2.75, 3.05) is 0 Å². The number of nitrogens with one attached hydrogen (secondary N) is 1. The van der Waals surface area contributed by atoms with Crippen molar-refractivity contribution < 1.29 is 0 Å². The Morgan fingerprint density at radius 3 is 2.93 bits per heavy atom. The second-order valence-corrected chi connectivity index (χ2v) is 4.04. The van der Waals surface area contributed by atoms with Crippen LogP contribution in [0.3, 0.4) is 0 Å². The van der Waals surface area contributed by atoms with Crippen LogP contribution >= 0.6 is 0 Å². The van der Waals surface area contributed by atoms with Crippen molar-refractivity contribution in [1.29, 1.82) is 0 Å². The third kappa shape index (κ3) is 2.55. The van der Waals surface area contributed by atoms with Gasteiger partial charge in [0.1, 0.15) is 0 Å². The van der Waals surface area contributed by atoms with Gasteiger partial charge in [-0.25, -0.2) is 0 Å². The van der Waals surface area contributed by atoms with E-state index in [1.165, 1.54) is 31.4 Å². The summed E-state index contributed by atoms with van der Waals surface area (Å²) in [5.74, 6) is 0. The molecule has 1 fully saturated rings. The van der Waals surface area contributed by atoms with Gasteiger partial charge in [0.15, 0.2) is 0 Å². The molecule has 1 aromatic heterocycles. The van der Waals surface area contributed by atoms with Crippen LogP contribution in [0, 0.1) is 0 Å². The lowest BCUT2D eigenvalue weighted by Gasteiger charge is -2.16. The van der Waals surface area contributed by atoms with E-state index in [0.717, 1.165) is 6.04 Å². The quantitative estimate of drug-likeness (QED) is 0.772. The zero-order valence-electron chi connectivity index (χ0n) is 8.74. The number of aromatic nitrogens is 1. The molecule has 1 aliphatic rings.